The zero-order valence-electron chi connectivity index (χ0n) is 12.4. The van der Waals surface area contributed by atoms with Crippen molar-refractivity contribution in [3.63, 3.8) is 0 Å². The maximum Gasteiger partial charge on any atom is 0.225 e. The van der Waals surface area contributed by atoms with Gasteiger partial charge in [-0.25, -0.2) is 18.4 Å². The number of H-pyrrole nitrogens is 1. The van der Waals surface area contributed by atoms with Crippen LogP contribution in [0, 0.1) is 5.92 Å². The molecule has 0 spiro atoms. The van der Waals surface area contributed by atoms with Crippen LogP contribution in [0.2, 0.25) is 0 Å². The van der Waals surface area contributed by atoms with Crippen molar-refractivity contribution in [1.82, 2.24) is 20.2 Å². The van der Waals surface area contributed by atoms with E-state index in [2.05, 4.69) is 25.1 Å². The first-order chi connectivity index (χ1) is 10.5. The van der Waals surface area contributed by atoms with E-state index in [0.29, 0.717) is 22.9 Å². The number of hydrogen-bond donors (Lipinski definition) is 1. The van der Waals surface area contributed by atoms with Crippen LogP contribution >= 0.6 is 0 Å². The van der Waals surface area contributed by atoms with Crippen molar-refractivity contribution in [3.8, 4) is 0 Å². The average Bonchev–Trinajstić information content (AvgIpc) is 2.97. The Morgan fingerprint density at radius 2 is 2.14 bits per heavy atom. The fraction of sp³-hybridized carbons (Fsp3) is 0.500. The molecular weight excluding hydrogens is 302 g/mol. The van der Waals surface area contributed by atoms with Crippen LogP contribution in [0.15, 0.2) is 29.6 Å². The molecule has 2 aromatic heterocycles. The highest BCUT2D eigenvalue weighted by atomic mass is 32.2. The summed E-state index contributed by atoms with van der Waals surface area (Å²) in [6.45, 7) is 1.76. The molecule has 1 N–H and O–H groups in total. The van der Waals surface area contributed by atoms with Crippen molar-refractivity contribution in [3.05, 3.63) is 30.4 Å². The van der Waals surface area contributed by atoms with Crippen LogP contribution in [0.3, 0.4) is 0 Å². The van der Waals surface area contributed by atoms with Gasteiger partial charge in [-0.1, -0.05) is 0 Å². The third-order valence-electron chi connectivity index (χ3n) is 3.92. The van der Waals surface area contributed by atoms with Crippen LogP contribution in [0.4, 0.5) is 5.95 Å². The smallest absolute Gasteiger partial charge is 0.225 e. The molecule has 2 aromatic rings. The third-order valence-corrected chi connectivity index (χ3v) is 5.08. The molecule has 1 aliphatic heterocycles. The minimum atomic E-state index is -3.24. The van der Waals surface area contributed by atoms with Crippen molar-refractivity contribution in [1.29, 1.82) is 0 Å². The molecule has 0 radical (unpaired) electrons. The molecule has 118 valence electrons. The first kappa shape index (κ1) is 15.0. The van der Waals surface area contributed by atoms with E-state index in [1.165, 1.54) is 12.5 Å². The first-order valence-electron chi connectivity index (χ1n) is 7.28. The monoisotopic (exact) mass is 321 g/mol. The molecule has 1 saturated heterocycles. The van der Waals surface area contributed by atoms with E-state index in [1.54, 1.807) is 18.5 Å². The number of aromatic nitrogens is 4. The lowest BCUT2D eigenvalue weighted by atomic mass is 9.93. The van der Waals surface area contributed by atoms with Crippen molar-refractivity contribution < 1.29 is 8.42 Å². The van der Waals surface area contributed by atoms with Gasteiger partial charge in [0.1, 0.15) is 4.90 Å². The van der Waals surface area contributed by atoms with Gasteiger partial charge in [0.25, 0.3) is 0 Å². The minimum Gasteiger partial charge on any atom is -0.341 e. The van der Waals surface area contributed by atoms with Crippen LogP contribution in [0.25, 0.3) is 0 Å². The van der Waals surface area contributed by atoms with Gasteiger partial charge in [-0.2, -0.15) is 5.10 Å². The molecule has 1 aliphatic rings. The number of sulfone groups is 1. The number of nitrogens with zero attached hydrogens (tertiary/aromatic N) is 4. The molecule has 0 saturated carbocycles. The minimum absolute atomic E-state index is 0.306. The lowest BCUT2D eigenvalue weighted by Crippen LogP contribution is -2.37. The molecule has 1 atom stereocenters. The zero-order valence-corrected chi connectivity index (χ0v) is 13.3. The predicted molar refractivity (Wildman–Crippen MR) is 82.4 cm³/mol. The van der Waals surface area contributed by atoms with Crippen LogP contribution < -0.4 is 4.90 Å². The molecular formula is C14H19N5O2S. The number of piperidine rings is 1. The molecule has 3 heterocycles. The second-order valence-electron chi connectivity index (χ2n) is 5.69. The van der Waals surface area contributed by atoms with Crippen molar-refractivity contribution >= 4 is 15.8 Å². The zero-order chi connectivity index (χ0) is 15.6. The maximum absolute atomic E-state index is 11.8. The van der Waals surface area contributed by atoms with Gasteiger partial charge in [-0.05, 0) is 31.2 Å². The Morgan fingerprint density at radius 1 is 1.36 bits per heavy atom. The Balaban J connectivity index is 1.73. The molecule has 0 aromatic carbocycles. The summed E-state index contributed by atoms with van der Waals surface area (Å²) in [6.07, 6.45) is 8.87. The highest BCUT2D eigenvalue weighted by Crippen LogP contribution is 2.25. The Morgan fingerprint density at radius 3 is 2.86 bits per heavy atom. The Kier molecular flexibility index (Phi) is 4.10. The van der Waals surface area contributed by atoms with Gasteiger partial charge in [0.2, 0.25) is 5.95 Å². The second kappa shape index (κ2) is 6.04. The summed E-state index contributed by atoms with van der Waals surface area (Å²) in [6, 6.07) is 1.80. The summed E-state index contributed by atoms with van der Waals surface area (Å²) < 4.78 is 23.5. The number of rotatable bonds is 4. The summed E-state index contributed by atoms with van der Waals surface area (Å²) in [5.41, 5.74) is 0.698. The fourth-order valence-electron chi connectivity index (χ4n) is 2.92. The fourth-order valence-corrected chi connectivity index (χ4v) is 3.74. The number of nitrogens with one attached hydrogen (secondary N) is 1. The SMILES string of the molecule is CS(=O)(=O)c1cn[nH]c1C[C@H]1CCCN(c2ncccn2)C1. The standard InChI is InChI=1S/C14H19N5O2S/c1-22(20,21)13-9-17-18-12(13)8-11-4-2-7-19(10-11)14-15-5-3-6-16-14/h3,5-6,9,11H,2,4,7-8,10H2,1H3,(H,17,18)/t11-/m1/s1. The van der Waals surface area contributed by atoms with Crippen molar-refractivity contribution in [2.45, 2.75) is 24.2 Å². The van der Waals surface area contributed by atoms with E-state index in [4.69, 9.17) is 0 Å². The van der Waals surface area contributed by atoms with E-state index in [-0.39, 0.29) is 0 Å². The maximum atomic E-state index is 11.8. The van der Waals surface area contributed by atoms with Crippen molar-refractivity contribution in [2.24, 2.45) is 5.92 Å². The largest absolute Gasteiger partial charge is 0.341 e. The van der Waals surface area contributed by atoms with Gasteiger partial charge in [0.05, 0.1) is 11.9 Å². The third kappa shape index (κ3) is 3.27. The van der Waals surface area contributed by atoms with E-state index >= 15 is 0 Å². The van der Waals surface area contributed by atoms with Crippen LogP contribution in [0.5, 0.6) is 0 Å². The molecule has 0 bridgehead atoms. The number of hydrogen-bond acceptors (Lipinski definition) is 6. The Hall–Kier alpha value is -1.96. The normalized spacial score (nSPS) is 19.3. The van der Waals surface area contributed by atoms with Crippen molar-refractivity contribution in [2.75, 3.05) is 24.2 Å². The van der Waals surface area contributed by atoms with E-state index in [1.807, 2.05) is 0 Å². The van der Waals surface area contributed by atoms with Gasteiger partial charge in [0.15, 0.2) is 9.84 Å². The average molecular weight is 321 g/mol. The lowest BCUT2D eigenvalue weighted by molar-refractivity contribution is 0.404. The van der Waals surface area contributed by atoms with Gasteiger partial charge >= 0.3 is 0 Å². The molecule has 1 fully saturated rings. The highest BCUT2D eigenvalue weighted by Gasteiger charge is 2.25. The van der Waals surface area contributed by atoms with Crippen LogP contribution in [-0.4, -0.2) is 47.9 Å². The number of aromatic amines is 1. The second-order valence-corrected chi connectivity index (χ2v) is 7.68. The lowest BCUT2D eigenvalue weighted by Gasteiger charge is -2.32. The summed E-state index contributed by atoms with van der Waals surface area (Å²) in [4.78, 5) is 11.0. The molecule has 3 rings (SSSR count). The molecule has 8 heteroatoms. The van der Waals surface area contributed by atoms with E-state index in [0.717, 1.165) is 31.9 Å². The molecule has 22 heavy (non-hydrogen) atoms. The summed E-state index contributed by atoms with van der Waals surface area (Å²) >= 11 is 0. The van der Waals surface area contributed by atoms with Gasteiger partial charge < -0.3 is 4.90 Å². The topological polar surface area (TPSA) is 91.8 Å². The number of anilines is 1. The molecule has 7 nitrogen and oxygen atoms in total. The molecule has 0 amide bonds. The Bertz CT molecular complexity index is 729. The summed E-state index contributed by atoms with van der Waals surface area (Å²) in [5, 5.41) is 6.72. The van der Waals surface area contributed by atoms with E-state index in [9.17, 15) is 8.42 Å². The van der Waals surface area contributed by atoms with Gasteiger partial charge in [-0.15, -0.1) is 0 Å². The van der Waals surface area contributed by atoms with Crippen LogP contribution in [0.1, 0.15) is 18.5 Å². The first-order valence-corrected chi connectivity index (χ1v) is 9.17. The van der Waals surface area contributed by atoms with Gasteiger partial charge in [0, 0.05) is 31.7 Å². The summed E-state index contributed by atoms with van der Waals surface area (Å²) in [5.74, 6) is 1.10. The molecule has 0 unspecified atom stereocenters. The highest BCUT2D eigenvalue weighted by molar-refractivity contribution is 7.90. The van der Waals surface area contributed by atoms with Crippen LogP contribution in [-0.2, 0) is 16.3 Å². The Labute approximate surface area is 129 Å². The quantitative estimate of drug-likeness (QED) is 0.905. The molecule has 0 aliphatic carbocycles. The van der Waals surface area contributed by atoms with Gasteiger partial charge in [-0.3, -0.25) is 5.10 Å². The summed E-state index contributed by atoms with van der Waals surface area (Å²) in [7, 11) is -3.24. The predicted octanol–water partition coefficient (Wildman–Crippen LogP) is 1.06. The van der Waals surface area contributed by atoms with E-state index < -0.39 is 9.84 Å².